The van der Waals surface area contributed by atoms with Gasteiger partial charge in [-0.15, -0.1) is 0 Å². The number of carbonyl (C=O) groups excluding carboxylic acids is 1. The fourth-order valence-corrected chi connectivity index (χ4v) is 1.41. The van der Waals surface area contributed by atoms with Crippen LogP contribution in [0.4, 0.5) is 13.2 Å². The van der Waals surface area contributed by atoms with E-state index < -0.39 is 29.2 Å². The van der Waals surface area contributed by atoms with Crippen LogP contribution in [0.15, 0.2) is 6.07 Å². The molecule has 0 N–H and O–H groups in total. The van der Waals surface area contributed by atoms with Gasteiger partial charge in [0.15, 0.2) is 17.4 Å². The van der Waals surface area contributed by atoms with Gasteiger partial charge in [0.25, 0.3) is 0 Å². The molecule has 0 bridgehead atoms. The van der Waals surface area contributed by atoms with Gasteiger partial charge in [-0.25, -0.2) is 8.78 Å². The highest BCUT2D eigenvalue weighted by atomic mass is 127. The van der Waals surface area contributed by atoms with Crippen molar-refractivity contribution in [3.63, 3.8) is 0 Å². The molecule has 1 rings (SSSR count). The van der Waals surface area contributed by atoms with Crippen LogP contribution < -0.4 is 4.74 Å². The van der Waals surface area contributed by atoms with E-state index in [-0.39, 0.29) is 3.57 Å². The van der Waals surface area contributed by atoms with Crippen molar-refractivity contribution in [3.8, 4) is 5.75 Å². The number of carbonyl (C=O) groups is 1. The smallest absolute Gasteiger partial charge is 0.308 e. The van der Waals surface area contributed by atoms with E-state index in [0.29, 0.717) is 0 Å². The van der Waals surface area contributed by atoms with Gasteiger partial charge in [-0.05, 0) is 28.7 Å². The Bertz CT molecular complexity index is 393. The quantitative estimate of drug-likeness (QED) is 0.262. The topological polar surface area (TPSA) is 26.3 Å². The monoisotopic (exact) mass is 316 g/mol. The summed E-state index contributed by atoms with van der Waals surface area (Å²) in [4.78, 5) is 10.5. The predicted molar refractivity (Wildman–Crippen MR) is 50.3 cm³/mol. The molecule has 0 aliphatic carbocycles. The second-order valence-corrected chi connectivity index (χ2v) is 3.55. The second-order valence-electron chi connectivity index (χ2n) is 2.39. The molecule has 0 aliphatic heterocycles. The van der Waals surface area contributed by atoms with Gasteiger partial charge < -0.3 is 4.74 Å². The van der Waals surface area contributed by atoms with E-state index in [9.17, 15) is 18.0 Å². The molecule has 14 heavy (non-hydrogen) atoms. The summed E-state index contributed by atoms with van der Waals surface area (Å²) in [6, 6.07) is 0.747. The fraction of sp³-hybridized carbons (Fsp3) is 0.125. The van der Waals surface area contributed by atoms with Crippen molar-refractivity contribution < 1.29 is 22.7 Å². The van der Waals surface area contributed by atoms with Crippen LogP contribution >= 0.6 is 22.6 Å². The molecule has 0 saturated heterocycles. The van der Waals surface area contributed by atoms with Crippen LogP contribution in [-0.2, 0) is 4.79 Å². The first-order chi connectivity index (χ1) is 6.43. The molecule has 1 aromatic carbocycles. The third-order valence-corrected chi connectivity index (χ3v) is 2.12. The van der Waals surface area contributed by atoms with Crippen LogP contribution in [0.2, 0.25) is 0 Å². The largest absolute Gasteiger partial charge is 0.422 e. The van der Waals surface area contributed by atoms with Gasteiger partial charge in [0.1, 0.15) is 0 Å². The van der Waals surface area contributed by atoms with E-state index in [0.717, 1.165) is 13.0 Å². The number of hydrogen-bond donors (Lipinski definition) is 0. The second kappa shape index (κ2) is 4.16. The molecule has 0 spiro atoms. The molecule has 0 saturated carbocycles. The highest BCUT2D eigenvalue weighted by molar-refractivity contribution is 14.1. The van der Waals surface area contributed by atoms with Crippen molar-refractivity contribution in [2.24, 2.45) is 0 Å². The molecule has 6 heteroatoms. The minimum Gasteiger partial charge on any atom is -0.422 e. The normalized spacial score (nSPS) is 10.1. The van der Waals surface area contributed by atoms with Crippen LogP contribution in [0.1, 0.15) is 6.92 Å². The summed E-state index contributed by atoms with van der Waals surface area (Å²) >= 11 is 1.54. The Kier molecular flexibility index (Phi) is 3.35. The van der Waals surface area contributed by atoms with Gasteiger partial charge in [-0.2, -0.15) is 4.39 Å². The van der Waals surface area contributed by atoms with E-state index in [2.05, 4.69) is 4.74 Å². The molecule has 76 valence electrons. The lowest BCUT2D eigenvalue weighted by Crippen LogP contribution is -2.07. The summed E-state index contributed by atoms with van der Waals surface area (Å²) in [5.74, 6) is -5.85. The Balaban J connectivity index is 3.29. The number of rotatable bonds is 1. The van der Waals surface area contributed by atoms with E-state index >= 15 is 0 Å². The van der Waals surface area contributed by atoms with Crippen LogP contribution in [0.25, 0.3) is 0 Å². The Morgan fingerprint density at radius 2 is 1.93 bits per heavy atom. The third kappa shape index (κ3) is 2.17. The maximum Gasteiger partial charge on any atom is 0.308 e. The predicted octanol–water partition coefficient (Wildman–Crippen LogP) is 2.63. The lowest BCUT2D eigenvalue weighted by molar-refractivity contribution is -0.132. The fourth-order valence-electron chi connectivity index (χ4n) is 0.787. The molecule has 0 heterocycles. The lowest BCUT2D eigenvalue weighted by Gasteiger charge is -2.06. The van der Waals surface area contributed by atoms with Crippen molar-refractivity contribution >= 4 is 28.6 Å². The average Bonchev–Trinajstić information content (AvgIpc) is 2.09. The molecular formula is C8H4F3IO2. The first-order valence-electron chi connectivity index (χ1n) is 3.45. The van der Waals surface area contributed by atoms with Crippen LogP contribution in [-0.4, -0.2) is 5.97 Å². The van der Waals surface area contributed by atoms with Gasteiger partial charge in [0.05, 0.1) is 3.57 Å². The molecule has 0 atom stereocenters. The van der Waals surface area contributed by atoms with Crippen molar-refractivity contribution in [1.82, 2.24) is 0 Å². The summed E-state index contributed by atoms with van der Waals surface area (Å²) in [7, 11) is 0. The van der Waals surface area contributed by atoms with Crippen molar-refractivity contribution in [3.05, 3.63) is 27.1 Å². The number of halogens is 4. The van der Waals surface area contributed by atoms with Gasteiger partial charge in [-0.1, -0.05) is 0 Å². The third-order valence-electron chi connectivity index (χ3n) is 1.32. The zero-order valence-corrected chi connectivity index (χ0v) is 9.06. The number of esters is 1. The summed E-state index contributed by atoms with van der Waals surface area (Å²) < 4.78 is 42.6. The van der Waals surface area contributed by atoms with Crippen molar-refractivity contribution in [1.29, 1.82) is 0 Å². The maximum atomic E-state index is 13.0. The first-order valence-corrected chi connectivity index (χ1v) is 4.52. The van der Waals surface area contributed by atoms with Gasteiger partial charge in [0.2, 0.25) is 5.82 Å². The Morgan fingerprint density at radius 1 is 1.36 bits per heavy atom. The average molecular weight is 316 g/mol. The molecule has 0 aliphatic rings. The van der Waals surface area contributed by atoms with Gasteiger partial charge in [-0.3, -0.25) is 4.79 Å². The zero-order valence-electron chi connectivity index (χ0n) is 6.91. The number of ether oxygens (including phenoxy) is 1. The summed E-state index contributed by atoms with van der Waals surface area (Å²) in [6.45, 7) is 1.04. The van der Waals surface area contributed by atoms with Crippen LogP contribution in [0.5, 0.6) is 5.75 Å². The van der Waals surface area contributed by atoms with Crippen molar-refractivity contribution in [2.45, 2.75) is 6.92 Å². The Morgan fingerprint density at radius 3 is 2.43 bits per heavy atom. The van der Waals surface area contributed by atoms with E-state index in [4.69, 9.17) is 0 Å². The highest BCUT2D eigenvalue weighted by Crippen LogP contribution is 2.28. The Hall–Kier alpha value is -0.790. The summed E-state index contributed by atoms with van der Waals surface area (Å²) in [6.07, 6.45) is 0. The lowest BCUT2D eigenvalue weighted by atomic mass is 10.3. The SMILES string of the molecule is CC(=O)Oc1c(I)cc(F)c(F)c1F. The zero-order chi connectivity index (χ0) is 10.9. The van der Waals surface area contributed by atoms with Crippen LogP contribution in [0, 0.1) is 21.0 Å². The highest BCUT2D eigenvalue weighted by Gasteiger charge is 2.19. The van der Waals surface area contributed by atoms with E-state index in [1.807, 2.05) is 0 Å². The Labute approximate surface area is 91.2 Å². The number of hydrogen-bond acceptors (Lipinski definition) is 2. The first kappa shape index (κ1) is 11.3. The van der Waals surface area contributed by atoms with E-state index in [1.54, 1.807) is 0 Å². The summed E-state index contributed by atoms with van der Waals surface area (Å²) in [5.41, 5.74) is 0. The molecule has 0 fully saturated rings. The molecule has 0 aromatic heterocycles. The molecule has 0 radical (unpaired) electrons. The molecule has 1 aromatic rings. The standard InChI is InChI=1S/C8H4F3IO2/c1-3(13)14-8-5(12)2-4(9)6(10)7(8)11/h2H,1H3. The van der Waals surface area contributed by atoms with Gasteiger partial charge in [0, 0.05) is 6.92 Å². The number of benzene rings is 1. The summed E-state index contributed by atoms with van der Waals surface area (Å²) in [5, 5.41) is 0. The van der Waals surface area contributed by atoms with Crippen molar-refractivity contribution in [2.75, 3.05) is 0 Å². The van der Waals surface area contributed by atoms with Gasteiger partial charge >= 0.3 is 5.97 Å². The molecular weight excluding hydrogens is 312 g/mol. The minimum absolute atomic E-state index is 0.00537. The molecule has 2 nitrogen and oxygen atoms in total. The molecule has 0 unspecified atom stereocenters. The minimum atomic E-state index is -1.65. The van der Waals surface area contributed by atoms with E-state index in [1.165, 1.54) is 22.6 Å². The maximum absolute atomic E-state index is 13.0. The van der Waals surface area contributed by atoms with Crippen LogP contribution in [0.3, 0.4) is 0 Å². The molecule has 0 amide bonds.